The molecule has 5 heteroatoms. The standard InChI is InChI=1S/C15H24N4O/c1-11-3-2-7-19(10-11)8-6-16-15(20)14-9-13(17-18-14)12-4-5-12/h9,11-12H,2-8,10H2,1H3,(H,16,20)(H,17,18)/t11-/m1/s1. The Morgan fingerprint density at radius 3 is 3.10 bits per heavy atom. The molecule has 1 aliphatic heterocycles. The molecule has 1 amide bonds. The molecule has 1 aliphatic carbocycles. The maximum absolute atomic E-state index is 12.0. The third-order valence-electron chi connectivity index (χ3n) is 4.30. The van der Waals surface area contributed by atoms with E-state index in [1.165, 1.54) is 25.7 Å². The first-order chi connectivity index (χ1) is 9.72. The van der Waals surface area contributed by atoms with Gasteiger partial charge in [-0.25, -0.2) is 0 Å². The molecule has 2 N–H and O–H groups in total. The summed E-state index contributed by atoms with van der Waals surface area (Å²) in [7, 11) is 0. The van der Waals surface area contributed by atoms with Gasteiger partial charge in [-0.05, 0) is 44.2 Å². The van der Waals surface area contributed by atoms with Crippen molar-refractivity contribution in [1.82, 2.24) is 20.4 Å². The fraction of sp³-hybridized carbons (Fsp3) is 0.733. The Morgan fingerprint density at radius 2 is 2.35 bits per heavy atom. The van der Waals surface area contributed by atoms with E-state index in [0.717, 1.165) is 31.2 Å². The number of carbonyl (C=O) groups is 1. The van der Waals surface area contributed by atoms with Crippen LogP contribution in [0.1, 0.15) is 54.7 Å². The predicted octanol–water partition coefficient (Wildman–Crippen LogP) is 1.75. The Bertz CT molecular complexity index is 466. The monoisotopic (exact) mass is 276 g/mol. The molecule has 3 rings (SSSR count). The summed E-state index contributed by atoms with van der Waals surface area (Å²) in [5, 5.41) is 10.0. The second-order valence-corrected chi connectivity index (χ2v) is 6.29. The molecule has 1 saturated heterocycles. The van der Waals surface area contributed by atoms with Crippen LogP contribution in [0.3, 0.4) is 0 Å². The maximum atomic E-state index is 12.0. The molecule has 110 valence electrons. The fourth-order valence-electron chi connectivity index (χ4n) is 2.96. The lowest BCUT2D eigenvalue weighted by Gasteiger charge is -2.30. The SMILES string of the molecule is C[C@@H]1CCCN(CCNC(=O)c2cc(C3CC3)[nH]n2)C1. The molecule has 2 aliphatic rings. The zero-order valence-electron chi connectivity index (χ0n) is 12.2. The van der Waals surface area contributed by atoms with Gasteiger partial charge in [-0.15, -0.1) is 0 Å². The second kappa shape index (κ2) is 5.95. The van der Waals surface area contributed by atoms with Crippen molar-refractivity contribution in [3.63, 3.8) is 0 Å². The Labute approximate surface area is 120 Å². The minimum atomic E-state index is -0.0572. The van der Waals surface area contributed by atoms with Gasteiger partial charge in [0.15, 0.2) is 0 Å². The molecule has 0 unspecified atom stereocenters. The van der Waals surface area contributed by atoms with E-state index in [9.17, 15) is 4.79 Å². The van der Waals surface area contributed by atoms with Crippen LogP contribution in [0.15, 0.2) is 6.07 Å². The summed E-state index contributed by atoms with van der Waals surface area (Å²) in [5.74, 6) is 1.34. The fourth-order valence-corrected chi connectivity index (χ4v) is 2.96. The van der Waals surface area contributed by atoms with Gasteiger partial charge in [0.05, 0.1) is 0 Å². The molecule has 1 saturated carbocycles. The number of nitrogens with one attached hydrogen (secondary N) is 2. The van der Waals surface area contributed by atoms with Gasteiger partial charge in [0.25, 0.3) is 5.91 Å². The molecular weight excluding hydrogens is 252 g/mol. The van der Waals surface area contributed by atoms with Crippen molar-refractivity contribution in [3.05, 3.63) is 17.5 Å². The van der Waals surface area contributed by atoms with Crippen LogP contribution in [0.25, 0.3) is 0 Å². The molecule has 20 heavy (non-hydrogen) atoms. The lowest BCUT2D eigenvalue weighted by Crippen LogP contribution is -2.40. The molecule has 0 bridgehead atoms. The Morgan fingerprint density at radius 1 is 1.50 bits per heavy atom. The summed E-state index contributed by atoms with van der Waals surface area (Å²) in [6.07, 6.45) is 5.05. The van der Waals surface area contributed by atoms with E-state index in [1.54, 1.807) is 0 Å². The number of piperidine rings is 1. The first kappa shape index (κ1) is 13.6. The van der Waals surface area contributed by atoms with Crippen molar-refractivity contribution in [2.24, 2.45) is 5.92 Å². The van der Waals surface area contributed by atoms with Crippen LogP contribution in [0.5, 0.6) is 0 Å². The van der Waals surface area contributed by atoms with E-state index in [0.29, 0.717) is 18.2 Å². The second-order valence-electron chi connectivity index (χ2n) is 6.29. The molecule has 0 spiro atoms. The largest absolute Gasteiger partial charge is 0.349 e. The average molecular weight is 276 g/mol. The summed E-state index contributed by atoms with van der Waals surface area (Å²) >= 11 is 0. The predicted molar refractivity (Wildman–Crippen MR) is 77.7 cm³/mol. The highest BCUT2D eigenvalue weighted by atomic mass is 16.1. The van der Waals surface area contributed by atoms with Crippen LogP contribution in [0, 0.1) is 5.92 Å². The minimum absolute atomic E-state index is 0.0572. The van der Waals surface area contributed by atoms with Crippen molar-refractivity contribution in [2.45, 2.75) is 38.5 Å². The molecule has 0 radical (unpaired) electrons. The zero-order chi connectivity index (χ0) is 13.9. The van der Waals surface area contributed by atoms with Crippen LogP contribution in [-0.2, 0) is 0 Å². The molecule has 2 heterocycles. The molecule has 1 aromatic heterocycles. The Kier molecular flexibility index (Phi) is 4.05. The van der Waals surface area contributed by atoms with Crippen LogP contribution in [0.2, 0.25) is 0 Å². The number of likely N-dealkylation sites (tertiary alicyclic amines) is 1. The smallest absolute Gasteiger partial charge is 0.271 e. The van der Waals surface area contributed by atoms with Crippen molar-refractivity contribution in [1.29, 1.82) is 0 Å². The van der Waals surface area contributed by atoms with Crippen molar-refractivity contribution in [2.75, 3.05) is 26.2 Å². The number of aromatic nitrogens is 2. The van der Waals surface area contributed by atoms with E-state index in [4.69, 9.17) is 0 Å². The topological polar surface area (TPSA) is 61.0 Å². The van der Waals surface area contributed by atoms with Gasteiger partial charge in [0, 0.05) is 31.2 Å². The number of amides is 1. The Balaban J connectivity index is 1.41. The minimum Gasteiger partial charge on any atom is -0.349 e. The Hall–Kier alpha value is -1.36. The normalized spacial score (nSPS) is 23.8. The molecule has 0 aromatic carbocycles. The van der Waals surface area contributed by atoms with E-state index >= 15 is 0 Å². The van der Waals surface area contributed by atoms with Crippen LogP contribution < -0.4 is 5.32 Å². The van der Waals surface area contributed by atoms with Gasteiger partial charge in [0.2, 0.25) is 0 Å². The van der Waals surface area contributed by atoms with Crippen LogP contribution >= 0.6 is 0 Å². The number of H-pyrrole nitrogens is 1. The van der Waals surface area contributed by atoms with Gasteiger partial charge in [0.1, 0.15) is 5.69 Å². The third-order valence-corrected chi connectivity index (χ3v) is 4.30. The first-order valence-corrected chi connectivity index (χ1v) is 7.78. The molecule has 1 aromatic rings. The number of nitrogens with zero attached hydrogens (tertiary/aromatic N) is 2. The number of hydrogen-bond donors (Lipinski definition) is 2. The summed E-state index contributed by atoms with van der Waals surface area (Å²) in [4.78, 5) is 14.4. The maximum Gasteiger partial charge on any atom is 0.271 e. The highest BCUT2D eigenvalue weighted by molar-refractivity contribution is 5.92. The third kappa shape index (κ3) is 3.39. The molecular formula is C15H24N4O. The highest BCUT2D eigenvalue weighted by Gasteiger charge is 2.26. The summed E-state index contributed by atoms with van der Waals surface area (Å²) in [5.41, 5.74) is 1.64. The number of rotatable bonds is 5. The molecule has 1 atom stereocenters. The molecule has 5 nitrogen and oxygen atoms in total. The van der Waals surface area contributed by atoms with Gasteiger partial charge >= 0.3 is 0 Å². The van der Waals surface area contributed by atoms with Crippen LogP contribution in [0.4, 0.5) is 0 Å². The van der Waals surface area contributed by atoms with E-state index in [1.807, 2.05) is 6.07 Å². The number of carbonyl (C=O) groups excluding carboxylic acids is 1. The zero-order valence-corrected chi connectivity index (χ0v) is 12.2. The van der Waals surface area contributed by atoms with E-state index in [2.05, 4.69) is 27.3 Å². The highest BCUT2D eigenvalue weighted by Crippen LogP contribution is 2.38. The lowest BCUT2D eigenvalue weighted by atomic mass is 10.0. The summed E-state index contributed by atoms with van der Waals surface area (Å²) < 4.78 is 0. The van der Waals surface area contributed by atoms with Crippen molar-refractivity contribution in [3.8, 4) is 0 Å². The summed E-state index contributed by atoms with van der Waals surface area (Å²) in [6.45, 7) is 6.26. The first-order valence-electron chi connectivity index (χ1n) is 7.78. The van der Waals surface area contributed by atoms with Gasteiger partial charge in [-0.3, -0.25) is 9.89 Å². The van der Waals surface area contributed by atoms with Crippen molar-refractivity contribution < 1.29 is 4.79 Å². The van der Waals surface area contributed by atoms with Gasteiger partial charge < -0.3 is 10.2 Å². The van der Waals surface area contributed by atoms with Crippen molar-refractivity contribution >= 4 is 5.91 Å². The van der Waals surface area contributed by atoms with Gasteiger partial charge in [-0.1, -0.05) is 6.92 Å². The lowest BCUT2D eigenvalue weighted by molar-refractivity contribution is 0.0939. The average Bonchev–Trinajstić information content (AvgIpc) is 3.16. The molecule has 2 fully saturated rings. The van der Waals surface area contributed by atoms with E-state index in [-0.39, 0.29) is 5.91 Å². The van der Waals surface area contributed by atoms with Crippen LogP contribution in [-0.4, -0.2) is 47.2 Å². The number of aromatic amines is 1. The van der Waals surface area contributed by atoms with Gasteiger partial charge in [-0.2, -0.15) is 5.10 Å². The van der Waals surface area contributed by atoms with E-state index < -0.39 is 0 Å². The number of hydrogen-bond acceptors (Lipinski definition) is 3. The quantitative estimate of drug-likeness (QED) is 0.861. The summed E-state index contributed by atoms with van der Waals surface area (Å²) in [6, 6.07) is 1.90.